The Morgan fingerprint density at radius 2 is 2.00 bits per heavy atom. The number of aliphatic hydroxyl groups is 1. The molecular formula is C9H15NO5. The molecule has 0 radical (unpaired) electrons. The van der Waals surface area contributed by atoms with Gasteiger partial charge in [-0.1, -0.05) is 0 Å². The van der Waals surface area contributed by atoms with Crippen molar-refractivity contribution in [1.29, 1.82) is 0 Å². The minimum atomic E-state index is -1.14. The van der Waals surface area contributed by atoms with Gasteiger partial charge in [-0.25, -0.2) is 9.59 Å². The molecule has 1 unspecified atom stereocenters. The second-order valence-electron chi connectivity index (χ2n) is 3.62. The number of likely N-dealkylation sites (tertiary alicyclic amines) is 1. The molecule has 0 aliphatic carbocycles. The number of carbonyl (C=O) groups is 2. The van der Waals surface area contributed by atoms with Crippen LogP contribution in [0.25, 0.3) is 0 Å². The molecule has 1 aliphatic heterocycles. The predicted molar refractivity (Wildman–Crippen MR) is 49.9 cm³/mol. The van der Waals surface area contributed by atoms with Crippen LogP contribution in [0.2, 0.25) is 0 Å². The lowest BCUT2D eigenvalue weighted by Gasteiger charge is -2.32. The van der Waals surface area contributed by atoms with Gasteiger partial charge in [-0.15, -0.1) is 0 Å². The molecule has 15 heavy (non-hydrogen) atoms. The second kappa shape index (κ2) is 4.06. The van der Waals surface area contributed by atoms with E-state index in [4.69, 9.17) is 0 Å². The van der Waals surface area contributed by atoms with Crippen molar-refractivity contribution in [2.24, 2.45) is 0 Å². The summed E-state index contributed by atoms with van der Waals surface area (Å²) in [6.45, 7) is 1.55. The Kier molecular flexibility index (Phi) is 3.18. The average Bonchev–Trinajstić information content (AvgIpc) is 2.54. The molecule has 6 heteroatoms. The molecule has 1 saturated heterocycles. The zero-order valence-corrected chi connectivity index (χ0v) is 9.02. The molecule has 0 saturated carbocycles. The monoisotopic (exact) mass is 217 g/mol. The zero-order chi connectivity index (χ0) is 11.6. The van der Waals surface area contributed by atoms with Gasteiger partial charge in [-0.3, -0.25) is 4.90 Å². The van der Waals surface area contributed by atoms with Crippen LogP contribution >= 0.6 is 0 Å². The van der Waals surface area contributed by atoms with Gasteiger partial charge < -0.3 is 14.6 Å². The minimum absolute atomic E-state index is 0.334. The summed E-state index contributed by atoms with van der Waals surface area (Å²) in [6, 6.07) is 0. The van der Waals surface area contributed by atoms with Crippen molar-refractivity contribution >= 4 is 12.1 Å². The van der Waals surface area contributed by atoms with Gasteiger partial charge in [0.25, 0.3) is 0 Å². The average molecular weight is 217 g/mol. The molecule has 1 amide bonds. The summed E-state index contributed by atoms with van der Waals surface area (Å²) < 4.78 is 9.12. The Balaban J connectivity index is 2.98. The van der Waals surface area contributed by atoms with Gasteiger partial charge in [-0.2, -0.15) is 0 Å². The molecule has 1 N–H and O–H groups in total. The van der Waals surface area contributed by atoms with Gasteiger partial charge in [-0.05, 0) is 19.8 Å². The third kappa shape index (κ3) is 1.77. The molecule has 0 spiro atoms. The number of ether oxygens (including phenoxy) is 2. The number of aliphatic hydroxyl groups excluding tert-OH is 1. The Bertz CT molecular complexity index is 280. The summed E-state index contributed by atoms with van der Waals surface area (Å²) in [5, 5.41) is 9.59. The Hall–Kier alpha value is -1.30. The van der Waals surface area contributed by atoms with Crippen LogP contribution in [0.1, 0.15) is 19.8 Å². The van der Waals surface area contributed by atoms with Gasteiger partial charge in [0.15, 0.2) is 0 Å². The highest BCUT2D eigenvalue weighted by molar-refractivity contribution is 5.86. The maximum atomic E-state index is 11.5. The van der Waals surface area contributed by atoms with Crippen LogP contribution < -0.4 is 0 Å². The maximum Gasteiger partial charge on any atom is 0.412 e. The van der Waals surface area contributed by atoms with Crippen LogP contribution in [0.4, 0.5) is 4.79 Å². The molecule has 1 fully saturated rings. The van der Waals surface area contributed by atoms with E-state index >= 15 is 0 Å². The maximum absolute atomic E-state index is 11.5. The molecular weight excluding hydrogens is 202 g/mol. The smallest absolute Gasteiger partial charge is 0.412 e. The van der Waals surface area contributed by atoms with Gasteiger partial charge >= 0.3 is 12.1 Å². The van der Waals surface area contributed by atoms with Crippen molar-refractivity contribution in [3.63, 3.8) is 0 Å². The molecule has 1 heterocycles. The molecule has 0 aromatic carbocycles. The second-order valence-corrected chi connectivity index (χ2v) is 3.62. The van der Waals surface area contributed by atoms with E-state index in [0.29, 0.717) is 12.8 Å². The van der Waals surface area contributed by atoms with Crippen molar-refractivity contribution in [3.8, 4) is 0 Å². The van der Waals surface area contributed by atoms with Crippen molar-refractivity contribution < 1.29 is 24.2 Å². The number of esters is 1. The molecule has 0 bridgehead atoms. The van der Waals surface area contributed by atoms with E-state index in [1.807, 2.05) is 0 Å². The summed E-state index contributed by atoms with van der Waals surface area (Å²) in [7, 11) is 2.44. The van der Waals surface area contributed by atoms with Gasteiger partial charge in [0, 0.05) is 0 Å². The predicted octanol–water partition coefficient (Wildman–Crippen LogP) is 0.0987. The fourth-order valence-electron chi connectivity index (χ4n) is 1.83. The van der Waals surface area contributed by atoms with Gasteiger partial charge in [0.05, 0.1) is 14.2 Å². The van der Waals surface area contributed by atoms with E-state index in [9.17, 15) is 14.7 Å². The molecule has 0 aromatic heterocycles. The van der Waals surface area contributed by atoms with E-state index in [2.05, 4.69) is 9.47 Å². The third-order valence-electron chi connectivity index (χ3n) is 2.72. The lowest BCUT2D eigenvalue weighted by Crippen LogP contribution is -2.54. The first kappa shape index (κ1) is 11.8. The topological polar surface area (TPSA) is 76.1 Å². The summed E-state index contributed by atoms with van der Waals surface area (Å²) in [5.74, 6) is -0.551. The standard InChI is InChI=1S/C9H15NO5/c1-9(7(12)14-2)5-4-6(11)10(9)8(13)15-3/h6,11H,4-5H2,1-3H3/t6?,9-/m0/s1. The zero-order valence-electron chi connectivity index (χ0n) is 9.02. The molecule has 1 rings (SSSR count). The van der Waals surface area contributed by atoms with Crippen LogP contribution in [0, 0.1) is 0 Å². The lowest BCUT2D eigenvalue weighted by molar-refractivity contribution is -0.154. The number of methoxy groups -OCH3 is 2. The fourth-order valence-corrected chi connectivity index (χ4v) is 1.83. The minimum Gasteiger partial charge on any atom is -0.467 e. The summed E-state index contributed by atoms with van der Waals surface area (Å²) in [4.78, 5) is 23.9. The van der Waals surface area contributed by atoms with Crippen molar-refractivity contribution in [1.82, 2.24) is 4.90 Å². The molecule has 1 aliphatic rings. The molecule has 86 valence electrons. The highest BCUT2D eigenvalue weighted by Gasteiger charge is 2.51. The van der Waals surface area contributed by atoms with Crippen LogP contribution in [0.15, 0.2) is 0 Å². The van der Waals surface area contributed by atoms with E-state index in [-0.39, 0.29) is 0 Å². The Morgan fingerprint density at radius 3 is 2.47 bits per heavy atom. The summed E-state index contributed by atoms with van der Waals surface area (Å²) in [6.07, 6.45) is -1.04. The lowest BCUT2D eigenvalue weighted by atomic mass is 10.00. The number of hydrogen-bond acceptors (Lipinski definition) is 5. The first-order valence-electron chi connectivity index (χ1n) is 4.61. The van der Waals surface area contributed by atoms with E-state index in [1.165, 1.54) is 14.2 Å². The first-order valence-corrected chi connectivity index (χ1v) is 4.61. The third-order valence-corrected chi connectivity index (χ3v) is 2.72. The number of rotatable bonds is 1. The van der Waals surface area contributed by atoms with Crippen molar-refractivity contribution in [2.45, 2.75) is 31.5 Å². The van der Waals surface area contributed by atoms with Crippen LogP contribution in [0.5, 0.6) is 0 Å². The SMILES string of the molecule is COC(=O)N1C(O)CC[C@@]1(C)C(=O)OC. The number of carbonyl (C=O) groups excluding carboxylic acids is 2. The van der Waals surface area contributed by atoms with Gasteiger partial charge in [0.2, 0.25) is 0 Å². The van der Waals surface area contributed by atoms with E-state index < -0.39 is 23.8 Å². The van der Waals surface area contributed by atoms with Crippen LogP contribution in [-0.4, -0.2) is 48.1 Å². The number of nitrogens with zero attached hydrogens (tertiary/aromatic N) is 1. The molecule has 6 nitrogen and oxygen atoms in total. The highest BCUT2D eigenvalue weighted by Crippen LogP contribution is 2.34. The molecule has 2 atom stereocenters. The summed E-state index contributed by atoms with van der Waals surface area (Å²) in [5.41, 5.74) is -1.14. The van der Waals surface area contributed by atoms with Crippen LogP contribution in [-0.2, 0) is 14.3 Å². The Morgan fingerprint density at radius 1 is 1.40 bits per heavy atom. The Labute approximate surface area is 87.8 Å². The highest BCUT2D eigenvalue weighted by atomic mass is 16.6. The quantitative estimate of drug-likeness (QED) is 0.630. The van der Waals surface area contributed by atoms with E-state index in [1.54, 1.807) is 6.92 Å². The van der Waals surface area contributed by atoms with Crippen molar-refractivity contribution in [3.05, 3.63) is 0 Å². The largest absolute Gasteiger partial charge is 0.467 e. The van der Waals surface area contributed by atoms with E-state index in [0.717, 1.165) is 4.90 Å². The first-order chi connectivity index (χ1) is 6.97. The van der Waals surface area contributed by atoms with Crippen molar-refractivity contribution in [2.75, 3.05) is 14.2 Å². The number of hydrogen-bond donors (Lipinski definition) is 1. The van der Waals surface area contributed by atoms with Gasteiger partial charge in [0.1, 0.15) is 11.8 Å². The molecule has 0 aromatic rings. The normalized spacial score (nSPS) is 30.1. The number of amides is 1. The fraction of sp³-hybridized carbons (Fsp3) is 0.778. The summed E-state index contributed by atoms with van der Waals surface area (Å²) >= 11 is 0. The van der Waals surface area contributed by atoms with Crippen LogP contribution in [0.3, 0.4) is 0 Å².